The first-order chi connectivity index (χ1) is 8.52. The van der Waals surface area contributed by atoms with Crippen LogP contribution in [0.1, 0.15) is 31.4 Å². The van der Waals surface area contributed by atoms with Crippen molar-refractivity contribution in [3.05, 3.63) is 35.4 Å². The molecule has 2 N–H and O–H groups in total. The summed E-state index contributed by atoms with van der Waals surface area (Å²) in [6, 6.07) is 7.45. The number of nitrogens with one attached hydrogen (secondary N) is 1. The number of carbonyl (C=O) groups excluding carboxylic acids is 1. The average Bonchev–Trinajstić information content (AvgIpc) is 2.28. The Kier molecular flexibility index (Phi) is 5.36. The Morgan fingerprint density at radius 2 is 1.89 bits per heavy atom. The zero-order valence-corrected chi connectivity index (χ0v) is 10.8. The van der Waals surface area contributed by atoms with Crippen LogP contribution in [0.3, 0.4) is 0 Å². The third-order valence-electron chi connectivity index (χ3n) is 2.74. The zero-order valence-electron chi connectivity index (χ0n) is 10.8. The monoisotopic (exact) mass is 249 g/mol. The number of benzene rings is 1. The standard InChI is InChI=1S/C14H19NO3/c1-3-11-6-4-5-7-12(11)9-13(16)15-10(2)8-14(17)18/h4-7,10H,3,8-9H2,1-2H3,(H,15,16)(H,17,18). The molecule has 4 heteroatoms. The molecule has 1 amide bonds. The van der Waals surface area contributed by atoms with E-state index in [1.165, 1.54) is 0 Å². The number of amides is 1. The molecule has 0 aliphatic rings. The first-order valence-corrected chi connectivity index (χ1v) is 6.10. The molecule has 0 spiro atoms. The van der Waals surface area contributed by atoms with E-state index in [1.54, 1.807) is 6.92 Å². The fraction of sp³-hybridized carbons (Fsp3) is 0.429. The van der Waals surface area contributed by atoms with Crippen molar-refractivity contribution in [3.8, 4) is 0 Å². The van der Waals surface area contributed by atoms with Crippen LogP contribution in [-0.2, 0) is 22.4 Å². The van der Waals surface area contributed by atoms with E-state index in [1.807, 2.05) is 31.2 Å². The van der Waals surface area contributed by atoms with E-state index >= 15 is 0 Å². The Morgan fingerprint density at radius 1 is 1.28 bits per heavy atom. The fourth-order valence-electron chi connectivity index (χ4n) is 1.89. The molecule has 0 saturated heterocycles. The Labute approximate surface area is 107 Å². The number of hydrogen-bond donors (Lipinski definition) is 2. The topological polar surface area (TPSA) is 66.4 Å². The molecular weight excluding hydrogens is 230 g/mol. The van der Waals surface area contributed by atoms with Gasteiger partial charge in [0.05, 0.1) is 12.8 Å². The van der Waals surface area contributed by atoms with Crippen LogP contribution < -0.4 is 5.32 Å². The maximum atomic E-state index is 11.8. The molecule has 0 aliphatic heterocycles. The Bertz CT molecular complexity index is 429. The number of carboxylic acids is 1. The summed E-state index contributed by atoms with van der Waals surface area (Å²) in [6.07, 6.45) is 1.13. The average molecular weight is 249 g/mol. The SMILES string of the molecule is CCc1ccccc1CC(=O)NC(C)CC(=O)O. The van der Waals surface area contributed by atoms with E-state index in [4.69, 9.17) is 5.11 Å². The third kappa shape index (κ3) is 4.57. The van der Waals surface area contributed by atoms with Crippen LogP contribution in [0.2, 0.25) is 0 Å². The van der Waals surface area contributed by atoms with Gasteiger partial charge in [-0.1, -0.05) is 31.2 Å². The molecular formula is C14H19NO3. The van der Waals surface area contributed by atoms with Crippen molar-refractivity contribution in [3.63, 3.8) is 0 Å². The van der Waals surface area contributed by atoms with Crippen LogP contribution in [0, 0.1) is 0 Å². The molecule has 1 aromatic carbocycles. The van der Waals surface area contributed by atoms with Crippen LogP contribution in [0.5, 0.6) is 0 Å². The van der Waals surface area contributed by atoms with Crippen molar-refractivity contribution in [1.82, 2.24) is 5.32 Å². The molecule has 98 valence electrons. The van der Waals surface area contributed by atoms with E-state index in [0.29, 0.717) is 6.42 Å². The van der Waals surface area contributed by atoms with Crippen molar-refractivity contribution in [1.29, 1.82) is 0 Å². The lowest BCUT2D eigenvalue weighted by molar-refractivity contribution is -0.137. The second-order valence-corrected chi connectivity index (χ2v) is 4.37. The van der Waals surface area contributed by atoms with Gasteiger partial charge in [0.25, 0.3) is 0 Å². The highest BCUT2D eigenvalue weighted by Crippen LogP contribution is 2.10. The number of rotatable bonds is 6. The molecule has 18 heavy (non-hydrogen) atoms. The molecule has 1 rings (SSSR count). The first kappa shape index (κ1) is 14.2. The number of carboxylic acid groups (broad SMARTS) is 1. The van der Waals surface area contributed by atoms with Crippen molar-refractivity contribution in [2.24, 2.45) is 0 Å². The van der Waals surface area contributed by atoms with Gasteiger partial charge in [0, 0.05) is 6.04 Å². The number of aryl methyl sites for hydroxylation is 1. The van der Waals surface area contributed by atoms with E-state index in [-0.39, 0.29) is 18.4 Å². The molecule has 1 atom stereocenters. The molecule has 0 saturated carbocycles. The van der Waals surface area contributed by atoms with Crippen LogP contribution in [-0.4, -0.2) is 23.0 Å². The van der Waals surface area contributed by atoms with Crippen LogP contribution in [0.25, 0.3) is 0 Å². The maximum Gasteiger partial charge on any atom is 0.305 e. The summed E-state index contributed by atoms with van der Waals surface area (Å²) >= 11 is 0. The molecule has 4 nitrogen and oxygen atoms in total. The van der Waals surface area contributed by atoms with Gasteiger partial charge in [-0.05, 0) is 24.5 Å². The van der Waals surface area contributed by atoms with Crippen LogP contribution in [0.15, 0.2) is 24.3 Å². The summed E-state index contributed by atoms with van der Waals surface area (Å²) in [5.41, 5.74) is 2.15. The minimum Gasteiger partial charge on any atom is -0.481 e. The van der Waals surface area contributed by atoms with Crippen molar-refractivity contribution in [2.75, 3.05) is 0 Å². The molecule has 1 aromatic rings. The molecule has 0 fully saturated rings. The summed E-state index contributed by atoms with van der Waals surface area (Å²) in [5, 5.41) is 11.3. The highest BCUT2D eigenvalue weighted by Gasteiger charge is 2.12. The largest absolute Gasteiger partial charge is 0.481 e. The van der Waals surface area contributed by atoms with Gasteiger partial charge < -0.3 is 10.4 Å². The van der Waals surface area contributed by atoms with Gasteiger partial charge in [0.2, 0.25) is 5.91 Å². The zero-order chi connectivity index (χ0) is 13.5. The lowest BCUT2D eigenvalue weighted by Crippen LogP contribution is -2.35. The molecule has 1 unspecified atom stereocenters. The normalized spacial score (nSPS) is 11.9. The lowest BCUT2D eigenvalue weighted by Gasteiger charge is -2.12. The summed E-state index contributed by atoms with van der Waals surface area (Å²) in [7, 11) is 0. The quantitative estimate of drug-likeness (QED) is 0.807. The van der Waals surface area contributed by atoms with E-state index in [9.17, 15) is 9.59 Å². The minimum atomic E-state index is -0.906. The molecule has 0 heterocycles. The highest BCUT2D eigenvalue weighted by atomic mass is 16.4. The summed E-state index contributed by atoms with van der Waals surface area (Å²) < 4.78 is 0. The summed E-state index contributed by atoms with van der Waals surface area (Å²) in [6.45, 7) is 3.74. The van der Waals surface area contributed by atoms with Gasteiger partial charge >= 0.3 is 5.97 Å². The first-order valence-electron chi connectivity index (χ1n) is 6.10. The predicted octanol–water partition coefficient (Wildman–Crippen LogP) is 1.77. The van der Waals surface area contributed by atoms with Crippen molar-refractivity contribution < 1.29 is 14.7 Å². The van der Waals surface area contributed by atoms with Gasteiger partial charge in [0.1, 0.15) is 0 Å². The van der Waals surface area contributed by atoms with Gasteiger partial charge in [-0.3, -0.25) is 9.59 Å². The summed E-state index contributed by atoms with van der Waals surface area (Å²) in [4.78, 5) is 22.3. The number of aliphatic carboxylic acids is 1. The smallest absolute Gasteiger partial charge is 0.305 e. The van der Waals surface area contributed by atoms with Crippen molar-refractivity contribution >= 4 is 11.9 Å². The second-order valence-electron chi connectivity index (χ2n) is 4.37. The predicted molar refractivity (Wildman–Crippen MR) is 69.4 cm³/mol. The number of carbonyl (C=O) groups is 2. The summed E-state index contributed by atoms with van der Waals surface area (Å²) in [5.74, 6) is -1.04. The van der Waals surface area contributed by atoms with Gasteiger partial charge in [0.15, 0.2) is 0 Å². The highest BCUT2D eigenvalue weighted by molar-refractivity contribution is 5.80. The molecule has 0 radical (unpaired) electrons. The molecule has 0 bridgehead atoms. The van der Waals surface area contributed by atoms with Gasteiger partial charge in [-0.15, -0.1) is 0 Å². The Hall–Kier alpha value is -1.84. The van der Waals surface area contributed by atoms with Gasteiger partial charge in [-0.25, -0.2) is 0 Å². The molecule has 0 aliphatic carbocycles. The Morgan fingerprint density at radius 3 is 2.44 bits per heavy atom. The van der Waals surface area contributed by atoms with E-state index in [2.05, 4.69) is 5.32 Å². The number of hydrogen-bond acceptors (Lipinski definition) is 2. The van der Waals surface area contributed by atoms with Crippen LogP contribution >= 0.6 is 0 Å². The van der Waals surface area contributed by atoms with E-state index < -0.39 is 5.97 Å². The Balaban J connectivity index is 2.56. The minimum absolute atomic E-state index is 0.0544. The lowest BCUT2D eigenvalue weighted by atomic mass is 10.0. The fourth-order valence-corrected chi connectivity index (χ4v) is 1.89. The van der Waals surface area contributed by atoms with Crippen molar-refractivity contribution in [2.45, 2.75) is 39.2 Å². The third-order valence-corrected chi connectivity index (χ3v) is 2.74. The van der Waals surface area contributed by atoms with Gasteiger partial charge in [-0.2, -0.15) is 0 Å². The van der Waals surface area contributed by atoms with Crippen LogP contribution in [0.4, 0.5) is 0 Å². The molecule has 0 aromatic heterocycles. The van der Waals surface area contributed by atoms with E-state index in [0.717, 1.165) is 17.5 Å². The second kappa shape index (κ2) is 6.79. The maximum absolute atomic E-state index is 11.8.